The number of halogens is 10. The molecule has 2 unspecified atom stereocenters. The third kappa shape index (κ3) is 26.2. The number of carbonyl (C=O) groups is 4. The Hall–Kier alpha value is -5.96. The van der Waals surface area contributed by atoms with E-state index in [9.17, 15) is 68.2 Å². The molecule has 81 heavy (non-hydrogen) atoms. The van der Waals surface area contributed by atoms with Gasteiger partial charge in [0.05, 0.1) is 67.4 Å². The standard InChI is InChI=1S/C15H14Cl2F3N3O3.C15H16F3N5O4S.C8H6Cl2O3.C3H8NO5P.C3H9S/c1-3-26-13(24)10(17)4-8-5-12(11(18)6-9(8)16)23-15(25)22(14(19)20)7(2)21-23;1-9-19-12(22-14(20-9)27-2)21-13(24)23-28(25,26)11-6-4-3-5-10(11)7-8-15(16,17)18;1-13-7-5(10)3-2-4(9)6(7)8(11)12;5-3(6)1-4-2-10(7,8)9;1-4(2)3/h5-6,10,14H,3-4H2,1-2H3;3-6H,7-8H2,1-2H3,(H2,19,20,21,22,23,24);2-3H,1H3,(H,11,12);4H,1-2H2,(H,5,6)(H2,7,8,9);1-3H3/q;;;;+1/p-1. The molecule has 3 aromatic carbocycles. The number of benzene rings is 3. The van der Waals surface area contributed by atoms with Gasteiger partial charge in [-0.05, 0) is 79.5 Å². The molecule has 0 fully saturated rings. The molecule has 2 aromatic heterocycles. The van der Waals surface area contributed by atoms with Gasteiger partial charge in [0, 0.05) is 17.9 Å². The minimum absolute atomic E-state index is 0.0424. The zero-order valence-electron chi connectivity index (χ0n) is 43.5. The lowest BCUT2D eigenvalue weighted by Gasteiger charge is -2.14. The van der Waals surface area contributed by atoms with Gasteiger partial charge in [-0.1, -0.05) is 53.0 Å². The maximum Gasteiger partial charge on any atom is 0.389 e. The van der Waals surface area contributed by atoms with E-state index in [1.807, 2.05) is 5.32 Å². The molecule has 2 heterocycles. The Morgan fingerprint density at radius 3 is 2.01 bits per heavy atom. The lowest BCUT2D eigenvalue weighted by Crippen LogP contribution is -2.35. The number of aromatic carboxylic acids is 1. The molecule has 0 bridgehead atoms. The van der Waals surface area contributed by atoms with Crippen LogP contribution in [0.4, 0.5) is 37.1 Å². The highest BCUT2D eigenvalue weighted by Crippen LogP contribution is 2.34. The summed E-state index contributed by atoms with van der Waals surface area (Å²) in [6, 6.07) is 8.73. The van der Waals surface area contributed by atoms with Crippen molar-refractivity contribution in [1.82, 2.24) is 39.3 Å². The molecule has 0 aliphatic carbocycles. The first kappa shape index (κ1) is 73.1. The van der Waals surface area contributed by atoms with Gasteiger partial charge in [0.1, 0.15) is 35.9 Å². The summed E-state index contributed by atoms with van der Waals surface area (Å²) in [5, 5.41) is 23.7. The van der Waals surface area contributed by atoms with Crippen molar-refractivity contribution in [2.24, 2.45) is 0 Å². The van der Waals surface area contributed by atoms with Crippen LogP contribution >= 0.6 is 54.0 Å². The van der Waals surface area contributed by atoms with E-state index in [-0.39, 0.29) is 84.4 Å². The second-order valence-corrected chi connectivity index (χ2v) is 23.2. The van der Waals surface area contributed by atoms with Crippen molar-refractivity contribution < 1.29 is 92.7 Å². The van der Waals surface area contributed by atoms with E-state index in [1.165, 1.54) is 58.4 Å². The number of aliphatic carboxylic acids is 1. The molecule has 5 aromatic rings. The maximum absolute atomic E-state index is 14.2. The van der Waals surface area contributed by atoms with Crippen molar-refractivity contribution >= 4 is 105 Å². The van der Waals surface area contributed by atoms with Gasteiger partial charge in [-0.25, -0.2) is 36.5 Å². The number of anilines is 1. The molecule has 0 spiro atoms. The van der Waals surface area contributed by atoms with E-state index in [1.54, 1.807) is 11.6 Å². The van der Waals surface area contributed by atoms with Crippen LogP contribution in [0.15, 0.2) is 58.2 Å². The predicted molar refractivity (Wildman–Crippen MR) is 285 cm³/mol. The first-order valence-corrected chi connectivity index (χ1v) is 29.4. The largest absolute Gasteiger partial charge is 0.778 e. The Morgan fingerprint density at radius 1 is 0.926 bits per heavy atom. The van der Waals surface area contributed by atoms with E-state index in [2.05, 4.69) is 44.1 Å². The number of nitrogens with one attached hydrogen (secondary N) is 3. The average molecular weight is 1300 g/mol. The topological polar surface area (TPSA) is 346 Å². The summed E-state index contributed by atoms with van der Waals surface area (Å²) >= 11 is 23.3. The number of hydrogen-bond acceptors (Lipinski definition) is 17. The van der Waals surface area contributed by atoms with Crippen molar-refractivity contribution in [1.29, 1.82) is 0 Å². The van der Waals surface area contributed by atoms with Gasteiger partial charge < -0.3 is 38.8 Å². The molecular formula is C44H52Cl4F6N9O15PS2. The van der Waals surface area contributed by atoms with Crippen molar-refractivity contribution in [3.63, 3.8) is 0 Å². The van der Waals surface area contributed by atoms with Gasteiger partial charge in [-0.3, -0.25) is 20.2 Å². The molecular weight excluding hydrogens is 1250 g/mol. The van der Waals surface area contributed by atoms with Gasteiger partial charge in [0.25, 0.3) is 10.0 Å². The Labute approximate surface area is 481 Å². The minimum Gasteiger partial charge on any atom is -0.778 e. The lowest BCUT2D eigenvalue weighted by atomic mass is 10.1. The zero-order valence-corrected chi connectivity index (χ0v) is 49.0. The molecule has 2 atom stereocenters. The molecule has 0 radical (unpaired) electrons. The van der Waals surface area contributed by atoms with E-state index >= 15 is 0 Å². The summed E-state index contributed by atoms with van der Waals surface area (Å²) in [5.74, 6) is -4.22. The van der Waals surface area contributed by atoms with Crippen molar-refractivity contribution in [3.8, 4) is 17.4 Å². The van der Waals surface area contributed by atoms with E-state index in [0.717, 1.165) is 18.2 Å². The van der Waals surface area contributed by atoms with Crippen LogP contribution in [-0.2, 0) is 52.7 Å². The molecule has 6 N–H and O–H groups in total. The first-order valence-electron chi connectivity index (χ1n) is 22.1. The summed E-state index contributed by atoms with van der Waals surface area (Å²) in [6.45, 7) is 0.826. The summed E-state index contributed by atoms with van der Waals surface area (Å²) in [5.41, 5.74) is -1.55. The molecule has 0 saturated carbocycles. The van der Waals surface area contributed by atoms with Gasteiger partial charge in [0.2, 0.25) is 5.95 Å². The number of aryl methyl sites for hydroxylation is 3. The van der Waals surface area contributed by atoms with Crippen LogP contribution in [-0.4, -0.2) is 141 Å². The second kappa shape index (κ2) is 33.8. The van der Waals surface area contributed by atoms with Crippen LogP contribution in [0.1, 0.15) is 53.0 Å². The van der Waals surface area contributed by atoms with Crippen LogP contribution in [0.2, 0.25) is 15.1 Å². The number of carboxylic acid groups (broad SMARTS) is 2. The maximum atomic E-state index is 14.2. The number of urea groups is 1. The molecule has 450 valence electrons. The van der Waals surface area contributed by atoms with Crippen LogP contribution in [0, 0.1) is 19.7 Å². The van der Waals surface area contributed by atoms with Crippen LogP contribution < -0.4 is 35.4 Å². The number of carboxylic acids is 2. The van der Waals surface area contributed by atoms with Crippen molar-refractivity contribution in [3.05, 3.63) is 108 Å². The van der Waals surface area contributed by atoms with Crippen molar-refractivity contribution in [2.75, 3.05) is 57.7 Å². The Balaban J connectivity index is 0.000000565. The molecule has 0 aliphatic rings. The molecule has 2 amide bonds. The normalized spacial score (nSPS) is 12.1. The van der Waals surface area contributed by atoms with Crippen molar-refractivity contribution in [2.45, 2.75) is 63.0 Å². The van der Waals surface area contributed by atoms with Gasteiger partial charge in [-0.2, -0.15) is 41.6 Å². The van der Waals surface area contributed by atoms with Gasteiger partial charge in [-0.15, -0.1) is 16.7 Å². The fourth-order valence-corrected chi connectivity index (χ4v) is 8.15. The fraction of sp³-hybridized carbons (Fsp3) is 0.386. The molecule has 0 aliphatic heterocycles. The minimum atomic E-state index is -4.45. The number of hydrogen-bond donors (Lipinski definition) is 6. The highest BCUT2D eigenvalue weighted by molar-refractivity contribution is 7.94. The van der Waals surface area contributed by atoms with Gasteiger partial charge >= 0.3 is 48.4 Å². The SMILES string of the molecule is CCOC(=O)C(Cl)Cc1cc(-n2nc(C)n(C(F)F)c2=O)c(F)cc1Cl.COc1c(Cl)ccc(Cl)c1C(=O)O.COc1nc(C)nc(NC(=O)NS(=O)(=O)c2ccccc2CCC(F)(F)F)n1.C[S+](C)C.O=C(O)CNCP(=O)([O-])O. The zero-order chi connectivity index (χ0) is 62.3. The highest BCUT2D eigenvalue weighted by Gasteiger charge is 2.29. The Bertz CT molecular complexity index is 3180. The van der Waals surface area contributed by atoms with Crippen LogP contribution in [0.3, 0.4) is 0 Å². The number of nitrogens with zero attached hydrogens (tertiary/aromatic N) is 6. The molecule has 5 rings (SSSR count). The smallest absolute Gasteiger partial charge is 0.389 e. The summed E-state index contributed by atoms with van der Waals surface area (Å²) in [7, 11) is -5.51. The number of alkyl halides is 6. The van der Waals surface area contributed by atoms with Gasteiger partial charge in [0.15, 0.2) is 11.6 Å². The van der Waals surface area contributed by atoms with E-state index < -0.39 is 102 Å². The Morgan fingerprint density at radius 2 is 1.52 bits per heavy atom. The monoisotopic (exact) mass is 1300 g/mol. The molecule has 24 nitrogen and oxygen atoms in total. The number of rotatable bonds is 18. The van der Waals surface area contributed by atoms with Crippen LogP contribution in [0.5, 0.6) is 11.8 Å². The number of sulfonamides is 1. The number of amides is 2. The lowest BCUT2D eigenvalue weighted by molar-refractivity contribution is -0.193. The first-order chi connectivity index (χ1) is 37.4. The third-order valence-electron chi connectivity index (χ3n) is 8.83. The van der Waals surface area contributed by atoms with Crippen LogP contribution in [0.25, 0.3) is 5.69 Å². The highest BCUT2D eigenvalue weighted by atomic mass is 35.5. The predicted octanol–water partition coefficient (Wildman–Crippen LogP) is 6.80. The Kier molecular flexibility index (Phi) is 30.5. The number of aromatic nitrogens is 6. The van der Waals surface area contributed by atoms with E-state index in [0.29, 0.717) is 15.6 Å². The number of methoxy groups -OCH3 is 2. The average Bonchev–Trinajstić information content (AvgIpc) is 3.64. The molecule has 37 heteroatoms. The summed E-state index contributed by atoms with van der Waals surface area (Å²) in [6.07, 6.45) is -0.436. The number of ether oxygens (including phenoxy) is 3. The summed E-state index contributed by atoms with van der Waals surface area (Å²) < 4.78 is 129. The fourth-order valence-electron chi connectivity index (χ4n) is 5.66. The number of esters is 1. The summed E-state index contributed by atoms with van der Waals surface area (Å²) in [4.78, 5) is 85.1. The third-order valence-corrected chi connectivity index (χ3v) is 12.2. The quantitative estimate of drug-likeness (QED) is 0.0173. The van der Waals surface area contributed by atoms with E-state index in [4.69, 9.17) is 75.7 Å². The second-order valence-electron chi connectivity index (χ2n) is 15.8. The number of carbonyl (C=O) groups excluding carboxylic acids is 2. The molecule has 0 saturated heterocycles.